The van der Waals surface area contributed by atoms with Crippen molar-refractivity contribution >= 4 is 5.91 Å². The fourth-order valence-corrected chi connectivity index (χ4v) is 2.16. The number of nitrogens with zero attached hydrogens (tertiary/aromatic N) is 2. The molecule has 1 fully saturated rings. The van der Waals surface area contributed by atoms with Crippen LogP contribution in [0.3, 0.4) is 0 Å². The van der Waals surface area contributed by atoms with Crippen LogP contribution in [0.15, 0.2) is 0 Å². The smallest absolute Gasteiger partial charge is 0.243 e. The van der Waals surface area contributed by atoms with Gasteiger partial charge in [-0.1, -0.05) is 19.8 Å². The summed E-state index contributed by atoms with van der Waals surface area (Å²) in [5, 5.41) is 9.19. The van der Waals surface area contributed by atoms with E-state index in [0.717, 1.165) is 32.1 Å². The number of carbonyl (C=O) groups excluding carboxylic acids is 1. The first-order chi connectivity index (χ1) is 7.07. The van der Waals surface area contributed by atoms with Gasteiger partial charge in [0.2, 0.25) is 5.91 Å². The van der Waals surface area contributed by atoms with Crippen molar-refractivity contribution < 1.29 is 4.79 Å². The lowest BCUT2D eigenvalue weighted by Gasteiger charge is -2.30. The Morgan fingerprint density at radius 1 is 1.53 bits per heavy atom. The highest BCUT2D eigenvalue weighted by Gasteiger charge is 2.43. The van der Waals surface area contributed by atoms with Gasteiger partial charge in [0.25, 0.3) is 0 Å². The van der Waals surface area contributed by atoms with Gasteiger partial charge < -0.3 is 4.90 Å². The molecule has 3 nitrogen and oxygen atoms in total. The highest BCUT2D eigenvalue weighted by atomic mass is 16.2. The summed E-state index contributed by atoms with van der Waals surface area (Å²) in [6.07, 6.45) is 4.43. The Bertz CT molecular complexity index is 274. The zero-order chi connectivity index (χ0) is 11.5. The lowest BCUT2D eigenvalue weighted by molar-refractivity contribution is -0.139. The van der Waals surface area contributed by atoms with Crippen molar-refractivity contribution in [2.24, 2.45) is 5.41 Å². The maximum absolute atomic E-state index is 12.2. The van der Waals surface area contributed by atoms with Gasteiger partial charge in [-0.3, -0.25) is 4.79 Å². The molecule has 1 rings (SSSR count). The molecule has 1 unspecified atom stereocenters. The molecule has 0 bridgehead atoms. The number of amides is 1. The fraction of sp³-hybridized carbons (Fsp3) is 0.833. The van der Waals surface area contributed by atoms with Crippen LogP contribution >= 0.6 is 0 Å². The lowest BCUT2D eigenvalue weighted by Crippen LogP contribution is -2.43. The second-order valence-electron chi connectivity index (χ2n) is 4.57. The Morgan fingerprint density at radius 3 is 2.47 bits per heavy atom. The van der Waals surface area contributed by atoms with Crippen LogP contribution in [-0.2, 0) is 4.79 Å². The molecule has 0 aromatic heterocycles. The first-order valence-corrected chi connectivity index (χ1v) is 5.76. The summed E-state index contributed by atoms with van der Waals surface area (Å²) in [4.78, 5) is 13.9. The van der Waals surface area contributed by atoms with Gasteiger partial charge >= 0.3 is 0 Å². The molecule has 15 heavy (non-hydrogen) atoms. The van der Waals surface area contributed by atoms with Crippen LogP contribution < -0.4 is 0 Å². The first-order valence-electron chi connectivity index (χ1n) is 5.76. The van der Waals surface area contributed by atoms with Gasteiger partial charge in [-0.25, -0.2) is 0 Å². The van der Waals surface area contributed by atoms with Gasteiger partial charge in [0.1, 0.15) is 5.41 Å². The van der Waals surface area contributed by atoms with Gasteiger partial charge in [0, 0.05) is 13.1 Å². The minimum atomic E-state index is -0.710. The Labute approximate surface area is 92.1 Å². The Morgan fingerprint density at radius 2 is 2.07 bits per heavy atom. The molecule has 0 radical (unpaired) electrons. The number of carbonyl (C=O) groups is 1. The monoisotopic (exact) mass is 208 g/mol. The zero-order valence-electron chi connectivity index (χ0n) is 9.92. The third-order valence-electron chi connectivity index (χ3n) is 3.65. The molecule has 1 atom stereocenters. The van der Waals surface area contributed by atoms with Crippen molar-refractivity contribution in [1.29, 1.82) is 5.26 Å². The number of rotatable bonds is 3. The number of nitriles is 1. The summed E-state index contributed by atoms with van der Waals surface area (Å²) in [5.74, 6) is 0.0249. The van der Waals surface area contributed by atoms with Crippen molar-refractivity contribution in [3.8, 4) is 6.07 Å². The Balaban J connectivity index is 2.78. The van der Waals surface area contributed by atoms with Crippen LogP contribution in [0.2, 0.25) is 0 Å². The molecule has 1 aliphatic rings. The maximum Gasteiger partial charge on any atom is 0.243 e. The largest absolute Gasteiger partial charge is 0.342 e. The van der Waals surface area contributed by atoms with E-state index in [9.17, 15) is 10.1 Å². The number of hydrogen-bond donors (Lipinski definition) is 0. The highest BCUT2D eigenvalue weighted by Crippen LogP contribution is 2.39. The highest BCUT2D eigenvalue weighted by molar-refractivity contribution is 5.85. The average Bonchev–Trinajstić information content (AvgIpc) is 2.75. The molecule has 1 saturated carbocycles. The van der Waals surface area contributed by atoms with Crippen molar-refractivity contribution in [1.82, 2.24) is 4.90 Å². The third kappa shape index (κ3) is 2.14. The lowest BCUT2D eigenvalue weighted by atomic mass is 9.86. The van der Waals surface area contributed by atoms with Crippen molar-refractivity contribution in [3.05, 3.63) is 0 Å². The van der Waals surface area contributed by atoms with E-state index in [2.05, 4.69) is 13.0 Å². The van der Waals surface area contributed by atoms with E-state index in [4.69, 9.17) is 0 Å². The summed E-state index contributed by atoms with van der Waals surface area (Å²) in [5.41, 5.74) is -0.710. The molecule has 0 spiro atoms. The van der Waals surface area contributed by atoms with E-state index in [-0.39, 0.29) is 11.9 Å². The molecule has 0 aromatic carbocycles. The SMILES string of the molecule is CCC(C)N(C)C(=O)C1(C#N)CCCC1. The normalized spacial score (nSPS) is 20.7. The van der Waals surface area contributed by atoms with Crippen molar-refractivity contribution in [3.63, 3.8) is 0 Å². The first kappa shape index (κ1) is 12.0. The van der Waals surface area contributed by atoms with E-state index >= 15 is 0 Å². The second kappa shape index (κ2) is 4.65. The fourth-order valence-electron chi connectivity index (χ4n) is 2.16. The van der Waals surface area contributed by atoms with Crippen molar-refractivity contribution in [2.45, 2.75) is 52.0 Å². The molecular formula is C12H20N2O. The van der Waals surface area contributed by atoms with Crippen LogP contribution in [0.5, 0.6) is 0 Å². The summed E-state index contributed by atoms with van der Waals surface area (Å²) in [6.45, 7) is 4.08. The Kier molecular flexibility index (Phi) is 3.73. The summed E-state index contributed by atoms with van der Waals surface area (Å²) < 4.78 is 0. The van der Waals surface area contributed by atoms with E-state index in [1.807, 2.05) is 14.0 Å². The van der Waals surface area contributed by atoms with Crippen LogP contribution in [0.1, 0.15) is 46.0 Å². The minimum absolute atomic E-state index is 0.0249. The summed E-state index contributed by atoms with van der Waals surface area (Å²) in [7, 11) is 1.81. The summed E-state index contributed by atoms with van der Waals surface area (Å²) >= 11 is 0. The molecule has 3 heteroatoms. The van der Waals surface area contributed by atoms with E-state index in [1.54, 1.807) is 4.90 Å². The van der Waals surface area contributed by atoms with E-state index in [0.29, 0.717) is 0 Å². The predicted octanol–water partition coefficient (Wildman–Crippen LogP) is 2.33. The second-order valence-corrected chi connectivity index (χ2v) is 4.57. The summed E-state index contributed by atoms with van der Waals surface area (Å²) in [6, 6.07) is 2.47. The Hall–Kier alpha value is -1.04. The number of hydrogen-bond acceptors (Lipinski definition) is 2. The minimum Gasteiger partial charge on any atom is -0.342 e. The molecule has 0 aromatic rings. The topological polar surface area (TPSA) is 44.1 Å². The molecule has 0 saturated heterocycles. The molecular weight excluding hydrogens is 188 g/mol. The molecule has 1 amide bonds. The third-order valence-corrected chi connectivity index (χ3v) is 3.65. The van der Waals surface area contributed by atoms with E-state index < -0.39 is 5.41 Å². The van der Waals surface area contributed by atoms with Crippen LogP contribution in [0.25, 0.3) is 0 Å². The standard InChI is InChI=1S/C12H20N2O/c1-4-10(2)14(3)11(15)12(9-13)7-5-6-8-12/h10H,4-8H2,1-3H3. The molecule has 1 aliphatic carbocycles. The van der Waals surface area contributed by atoms with Crippen LogP contribution in [0, 0.1) is 16.7 Å². The molecule has 0 N–H and O–H groups in total. The predicted molar refractivity (Wildman–Crippen MR) is 59.0 cm³/mol. The molecule has 0 aliphatic heterocycles. The van der Waals surface area contributed by atoms with Crippen LogP contribution in [-0.4, -0.2) is 23.9 Å². The van der Waals surface area contributed by atoms with E-state index in [1.165, 1.54) is 0 Å². The van der Waals surface area contributed by atoms with Crippen molar-refractivity contribution in [2.75, 3.05) is 7.05 Å². The average molecular weight is 208 g/mol. The van der Waals surface area contributed by atoms with Gasteiger partial charge in [-0.2, -0.15) is 5.26 Å². The zero-order valence-corrected chi connectivity index (χ0v) is 9.92. The quantitative estimate of drug-likeness (QED) is 0.714. The van der Waals surface area contributed by atoms with Gasteiger partial charge in [0.15, 0.2) is 0 Å². The van der Waals surface area contributed by atoms with Gasteiger partial charge in [-0.05, 0) is 26.2 Å². The molecule has 84 valence electrons. The van der Waals surface area contributed by atoms with Crippen LogP contribution in [0.4, 0.5) is 0 Å². The molecule has 0 heterocycles. The van der Waals surface area contributed by atoms with Gasteiger partial charge in [0.05, 0.1) is 6.07 Å². The maximum atomic E-state index is 12.2. The van der Waals surface area contributed by atoms with Gasteiger partial charge in [-0.15, -0.1) is 0 Å².